The lowest BCUT2D eigenvalue weighted by atomic mass is 10.0. The average Bonchev–Trinajstić information content (AvgIpc) is 2.85. The van der Waals surface area contributed by atoms with Gasteiger partial charge in [0.15, 0.2) is 0 Å². The molecule has 1 aromatic rings. The fraction of sp³-hybridized carbons (Fsp3) is 0.759. The van der Waals surface area contributed by atoms with E-state index >= 15 is 0 Å². The number of esters is 1. The van der Waals surface area contributed by atoms with Crippen molar-refractivity contribution >= 4 is 11.7 Å². The highest BCUT2D eigenvalue weighted by atomic mass is 16.5. The second kappa shape index (κ2) is 17.9. The first-order valence-electron chi connectivity index (χ1n) is 14.0. The van der Waals surface area contributed by atoms with Gasteiger partial charge in [-0.25, -0.2) is 4.79 Å². The summed E-state index contributed by atoms with van der Waals surface area (Å²) in [7, 11) is 0. The Morgan fingerprint density at radius 3 is 1.67 bits per heavy atom. The molecule has 1 aromatic carbocycles. The zero-order valence-corrected chi connectivity index (χ0v) is 21.7. The molecule has 0 unspecified atom stereocenters. The second-order valence-electron chi connectivity index (χ2n) is 9.69. The summed E-state index contributed by atoms with van der Waals surface area (Å²) in [6.45, 7) is 10.2. The summed E-state index contributed by atoms with van der Waals surface area (Å²) >= 11 is 0. The molecule has 33 heavy (non-hydrogen) atoms. The Morgan fingerprint density at radius 2 is 1.18 bits per heavy atom. The van der Waals surface area contributed by atoms with Gasteiger partial charge in [0, 0.05) is 31.9 Å². The minimum atomic E-state index is -0.234. The molecule has 0 saturated carbocycles. The van der Waals surface area contributed by atoms with Crippen LogP contribution in [0.5, 0.6) is 0 Å². The van der Waals surface area contributed by atoms with Crippen LogP contribution in [0.1, 0.15) is 114 Å². The third kappa shape index (κ3) is 11.9. The number of hydrogen-bond donors (Lipinski definition) is 0. The Balaban J connectivity index is 1.43. The Bertz CT molecular complexity index is 609. The van der Waals surface area contributed by atoms with Crippen molar-refractivity contribution in [3.63, 3.8) is 0 Å². The zero-order chi connectivity index (χ0) is 23.6. The van der Waals surface area contributed by atoms with Crippen molar-refractivity contribution in [3.8, 4) is 0 Å². The monoisotopic (exact) mass is 458 g/mol. The largest absolute Gasteiger partial charge is 0.462 e. The van der Waals surface area contributed by atoms with Gasteiger partial charge < -0.3 is 9.64 Å². The normalized spacial score (nSPS) is 14.5. The molecule has 1 saturated heterocycles. The summed E-state index contributed by atoms with van der Waals surface area (Å²) in [4.78, 5) is 16.8. The van der Waals surface area contributed by atoms with Gasteiger partial charge in [-0.2, -0.15) is 0 Å². The van der Waals surface area contributed by atoms with Crippen LogP contribution in [0.25, 0.3) is 0 Å². The lowest BCUT2D eigenvalue weighted by Crippen LogP contribution is -2.46. The highest BCUT2D eigenvalue weighted by Gasteiger charge is 2.17. The Kier molecular flexibility index (Phi) is 15.0. The van der Waals surface area contributed by atoms with E-state index in [1.165, 1.54) is 102 Å². The van der Waals surface area contributed by atoms with Crippen molar-refractivity contribution in [2.45, 2.75) is 104 Å². The van der Waals surface area contributed by atoms with E-state index < -0.39 is 0 Å². The van der Waals surface area contributed by atoms with Gasteiger partial charge in [0.25, 0.3) is 0 Å². The Labute approximate surface area is 204 Å². The van der Waals surface area contributed by atoms with E-state index in [4.69, 9.17) is 4.74 Å². The minimum Gasteiger partial charge on any atom is -0.462 e. The van der Waals surface area contributed by atoms with Crippen molar-refractivity contribution in [1.29, 1.82) is 0 Å². The summed E-state index contributed by atoms with van der Waals surface area (Å²) in [5.41, 5.74) is 1.84. The molecule has 188 valence electrons. The zero-order valence-electron chi connectivity index (χ0n) is 21.7. The second-order valence-corrected chi connectivity index (χ2v) is 9.69. The maximum atomic E-state index is 11.8. The maximum Gasteiger partial charge on any atom is 0.338 e. The first kappa shape index (κ1) is 27.7. The molecule has 4 nitrogen and oxygen atoms in total. The number of nitrogens with zero attached hydrogens (tertiary/aromatic N) is 2. The summed E-state index contributed by atoms with van der Waals surface area (Å²) in [5.74, 6) is -0.234. The molecule has 1 aliphatic rings. The molecular formula is C29H50N2O2. The van der Waals surface area contributed by atoms with Crippen LogP contribution in [-0.4, -0.2) is 50.2 Å². The predicted molar refractivity (Wildman–Crippen MR) is 141 cm³/mol. The number of benzene rings is 1. The van der Waals surface area contributed by atoms with Crippen LogP contribution in [0.4, 0.5) is 5.69 Å². The van der Waals surface area contributed by atoms with Gasteiger partial charge in [-0.05, 0) is 44.2 Å². The van der Waals surface area contributed by atoms with Crippen molar-refractivity contribution in [3.05, 3.63) is 29.8 Å². The average molecular weight is 459 g/mol. The smallest absolute Gasteiger partial charge is 0.338 e. The fourth-order valence-corrected chi connectivity index (χ4v) is 4.78. The van der Waals surface area contributed by atoms with Crippen LogP contribution in [-0.2, 0) is 4.74 Å². The molecule has 4 heteroatoms. The summed E-state index contributed by atoms with van der Waals surface area (Å²) < 4.78 is 5.07. The van der Waals surface area contributed by atoms with Gasteiger partial charge >= 0.3 is 5.97 Å². The van der Waals surface area contributed by atoms with E-state index in [0.717, 1.165) is 26.2 Å². The number of ether oxygens (including phenoxy) is 1. The third-order valence-electron chi connectivity index (χ3n) is 6.94. The molecule has 0 spiro atoms. The minimum absolute atomic E-state index is 0.234. The maximum absolute atomic E-state index is 11.8. The molecule has 0 aliphatic carbocycles. The topological polar surface area (TPSA) is 32.8 Å². The molecule has 0 atom stereocenters. The molecule has 0 bridgehead atoms. The first-order chi connectivity index (χ1) is 16.2. The summed E-state index contributed by atoms with van der Waals surface area (Å²) in [6.07, 6.45) is 19.9. The molecule has 1 heterocycles. The van der Waals surface area contributed by atoms with Gasteiger partial charge in [-0.3, -0.25) is 4.90 Å². The Morgan fingerprint density at radius 1 is 0.697 bits per heavy atom. The molecule has 0 radical (unpaired) electrons. The molecule has 1 aliphatic heterocycles. The quantitative estimate of drug-likeness (QED) is 0.169. The number of anilines is 1. The third-order valence-corrected chi connectivity index (χ3v) is 6.94. The standard InChI is InChI=1S/C29H50N2O2/c1-3-5-6-7-8-9-10-11-12-13-14-15-16-17-22-30-23-25-31(26-24-30)28-20-18-27(19-21-28)29(32)33-4-2/h18-21H,3-17,22-26H2,1-2H3. The molecular weight excluding hydrogens is 408 g/mol. The number of piperazine rings is 1. The molecule has 1 fully saturated rings. The predicted octanol–water partition coefficient (Wildman–Crippen LogP) is 7.47. The van der Waals surface area contributed by atoms with Crippen LogP contribution < -0.4 is 4.90 Å². The van der Waals surface area contributed by atoms with Gasteiger partial charge in [0.1, 0.15) is 0 Å². The van der Waals surface area contributed by atoms with E-state index in [-0.39, 0.29) is 5.97 Å². The number of carbonyl (C=O) groups excluding carboxylic acids is 1. The lowest BCUT2D eigenvalue weighted by Gasteiger charge is -2.36. The van der Waals surface area contributed by atoms with E-state index in [9.17, 15) is 4.79 Å². The van der Waals surface area contributed by atoms with Crippen LogP contribution in [0, 0.1) is 0 Å². The van der Waals surface area contributed by atoms with Crippen LogP contribution in [0.15, 0.2) is 24.3 Å². The van der Waals surface area contributed by atoms with Gasteiger partial charge in [0.2, 0.25) is 0 Å². The number of unbranched alkanes of at least 4 members (excludes halogenated alkanes) is 13. The van der Waals surface area contributed by atoms with Crippen LogP contribution in [0.2, 0.25) is 0 Å². The van der Waals surface area contributed by atoms with Crippen molar-refractivity contribution in [2.75, 3.05) is 44.2 Å². The fourth-order valence-electron chi connectivity index (χ4n) is 4.78. The number of carbonyl (C=O) groups is 1. The number of hydrogen-bond acceptors (Lipinski definition) is 4. The van der Waals surface area contributed by atoms with E-state index in [2.05, 4.69) is 28.9 Å². The van der Waals surface area contributed by atoms with Crippen LogP contribution >= 0.6 is 0 Å². The van der Waals surface area contributed by atoms with Gasteiger partial charge in [-0.1, -0.05) is 90.4 Å². The highest BCUT2D eigenvalue weighted by Crippen LogP contribution is 2.18. The van der Waals surface area contributed by atoms with Crippen molar-refractivity contribution < 1.29 is 9.53 Å². The summed E-state index contributed by atoms with van der Waals surface area (Å²) in [5, 5.41) is 0. The van der Waals surface area contributed by atoms with E-state index in [1.807, 2.05) is 19.1 Å². The number of rotatable bonds is 18. The summed E-state index contributed by atoms with van der Waals surface area (Å²) in [6, 6.07) is 7.87. The lowest BCUT2D eigenvalue weighted by molar-refractivity contribution is 0.0526. The van der Waals surface area contributed by atoms with E-state index in [1.54, 1.807) is 0 Å². The molecule has 0 amide bonds. The van der Waals surface area contributed by atoms with Crippen molar-refractivity contribution in [1.82, 2.24) is 4.90 Å². The van der Waals surface area contributed by atoms with Crippen molar-refractivity contribution in [2.24, 2.45) is 0 Å². The molecule has 2 rings (SSSR count). The molecule has 0 aromatic heterocycles. The first-order valence-corrected chi connectivity index (χ1v) is 14.0. The molecule has 0 N–H and O–H groups in total. The van der Waals surface area contributed by atoms with Gasteiger partial charge in [0.05, 0.1) is 12.2 Å². The SMILES string of the molecule is CCCCCCCCCCCCCCCCN1CCN(c2ccc(C(=O)OCC)cc2)CC1. The van der Waals surface area contributed by atoms with Crippen LogP contribution in [0.3, 0.4) is 0 Å². The van der Waals surface area contributed by atoms with Gasteiger partial charge in [-0.15, -0.1) is 0 Å². The van der Waals surface area contributed by atoms with E-state index in [0.29, 0.717) is 12.2 Å². The Hall–Kier alpha value is -1.55. The highest BCUT2D eigenvalue weighted by molar-refractivity contribution is 5.89.